The molecule has 1 heterocycles. The molecule has 0 radical (unpaired) electrons. The lowest BCUT2D eigenvalue weighted by atomic mass is 9.97. The largest absolute Gasteiger partial charge is 0.365 e. The van der Waals surface area contributed by atoms with Gasteiger partial charge in [0.1, 0.15) is 0 Å². The van der Waals surface area contributed by atoms with Crippen LogP contribution in [0.2, 0.25) is 5.02 Å². The quantitative estimate of drug-likeness (QED) is 0.813. The maximum absolute atomic E-state index is 12.6. The van der Waals surface area contributed by atoms with E-state index in [1.165, 1.54) is 31.3 Å². The van der Waals surface area contributed by atoms with Crippen LogP contribution in [0, 0.1) is 6.92 Å². The third kappa shape index (κ3) is 3.88. The highest BCUT2D eigenvalue weighted by molar-refractivity contribution is 6.31. The number of aromatic nitrogens is 2. The molecule has 2 aromatic rings. The molecule has 0 aliphatic heterocycles. The lowest BCUT2D eigenvalue weighted by Crippen LogP contribution is -2.23. The molecule has 0 saturated carbocycles. The van der Waals surface area contributed by atoms with Crippen LogP contribution in [0.5, 0.6) is 0 Å². The first-order chi connectivity index (χ1) is 11.6. The van der Waals surface area contributed by atoms with Crippen LogP contribution in [-0.2, 0) is 0 Å². The molecular weight excluding hydrogens is 322 g/mol. The normalized spacial score (nSPS) is 14.3. The van der Waals surface area contributed by atoms with E-state index >= 15 is 0 Å². The Hall–Kier alpha value is -2.07. The average Bonchev–Trinajstić information content (AvgIpc) is 2.60. The zero-order valence-electron chi connectivity index (χ0n) is 13.9. The molecule has 0 saturated heterocycles. The highest BCUT2D eigenvalue weighted by atomic mass is 35.5. The monoisotopic (exact) mass is 343 g/mol. The van der Waals surface area contributed by atoms with Crippen LogP contribution in [-0.4, -0.2) is 16.1 Å². The maximum Gasteiger partial charge on any atom is 0.297 e. The fraction of sp³-hybridized carbons (Fsp3) is 0.368. The average molecular weight is 344 g/mol. The van der Waals surface area contributed by atoms with Crippen molar-refractivity contribution in [2.45, 2.75) is 39.0 Å². The standard InChI is InChI=1S/C19H22ClN3O/c1-14-7-8-16(13-17(14)20)23-12-11-22-18(19(23)24)21-10-9-15-5-3-2-4-6-15/h5,7-8,11-13H,2-4,6,9-10H2,1H3,(H,21,22). The third-order valence-electron chi connectivity index (χ3n) is 4.40. The van der Waals surface area contributed by atoms with Crippen LogP contribution in [0.15, 0.2) is 47.0 Å². The Labute approximate surface area is 147 Å². The van der Waals surface area contributed by atoms with Gasteiger partial charge in [-0.2, -0.15) is 0 Å². The zero-order chi connectivity index (χ0) is 16.9. The van der Waals surface area contributed by atoms with Crippen LogP contribution in [0.1, 0.15) is 37.7 Å². The van der Waals surface area contributed by atoms with Gasteiger partial charge in [-0.1, -0.05) is 29.3 Å². The topological polar surface area (TPSA) is 46.9 Å². The highest BCUT2D eigenvalue weighted by Crippen LogP contribution is 2.20. The fourth-order valence-corrected chi connectivity index (χ4v) is 3.12. The molecule has 24 heavy (non-hydrogen) atoms. The van der Waals surface area contributed by atoms with Crippen LogP contribution >= 0.6 is 11.6 Å². The second-order valence-corrected chi connectivity index (χ2v) is 6.58. The summed E-state index contributed by atoms with van der Waals surface area (Å²) in [6.45, 7) is 2.67. The van der Waals surface area contributed by atoms with Crippen molar-refractivity contribution in [3.05, 3.63) is 63.2 Å². The van der Waals surface area contributed by atoms with Gasteiger partial charge in [0.15, 0.2) is 5.82 Å². The van der Waals surface area contributed by atoms with Crippen molar-refractivity contribution in [2.75, 3.05) is 11.9 Å². The van der Waals surface area contributed by atoms with Gasteiger partial charge in [-0.3, -0.25) is 9.36 Å². The van der Waals surface area contributed by atoms with Crippen molar-refractivity contribution >= 4 is 17.4 Å². The van der Waals surface area contributed by atoms with Gasteiger partial charge < -0.3 is 5.32 Å². The molecule has 1 aromatic carbocycles. The Morgan fingerprint density at radius 3 is 2.96 bits per heavy atom. The van der Waals surface area contributed by atoms with E-state index in [1.54, 1.807) is 23.0 Å². The van der Waals surface area contributed by atoms with Gasteiger partial charge in [-0.05, 0) is 56.7 Å². The second kappa shape index (κ2) is 7.67. The molecule has 0 amide bonds. The number of benzene rings is 1. The first kappa shape index (κ1) is 16.8. The first-order valence-electron chi connectivity index (χ1n) is 8.41. The molecule has 3 rings (SSSR count). The van der Waals surface area contributed by atoms with Gasteiger partial charge in [0.25, 0.3) is 5.56 Å². The van der Waals surface area contributed by atoms with Crippen molar-refractivity contribution in [3.63, 3.8) is 0 Å². The van der Waals surface area contributed by atoms with Crippen molar-refractivity contribution in [3.8, 4) is 5.69 Å². The molecule has 0 unspecified atom stereocenters. The van der Waals surface area contributed by atoms with E-state index in [4.69, 9.17) is 11.6 Å². The Morgan fingerprint density at radius 2 is 2.21 bits per heavy atom. The number of aryl methyl sites for hydroxylation is 1. The van der Waals surface area contributed by atoms with Crippen molar-refractivity contribution in [1.29, 1.82) is 0 Å². The molecule has 126 valence electrons. The summed E-state index contributed by atoms with van der Waals surface area (Å²) >= 11 is 6.17. The number of allylic oxidation sites excluding steroid dienone is 1. The molecular formula is C19H22ClN3O. The Balaban J connectivity index is 1.74. The number of nitrogens with one attached hydrogen (secondary N) is 1. The molecule has 1 aromatic heterocycles. The molecule has 0 spiro atoms. The lowest BCUT2D eigenvalue weighted by molar-refractivity contribution is 0.679. The molecule has 5 heteroatoms. The Morgan fingerprint density at radius 1 is 1.33 bits per heavy atom. The van der Waals surface area contributed by atoms with E-state index in [2.05, 4.69) is 16.4 Å². The van der Waals surface area contributed by atoms with Gasteiger partial charge in [-0.15, -0.1) is 0 Å². The first-order valence-corrected chi connectivity index (χ1v) is 8.79. The minimum atomic E-state index is -0.157. The minimum absolute atomic E-state index is 0.157. The summed E-state index contributed by atoms with van der Waals surface area (Å²) in [4.78, 5) is 16.8. The van der Waals surface area contributed by atoms with Crippen molar-refractivity contribution in [2.24, 2.45) is 0 Å². The number of hydrogen-bond donors (Lipinski definition) is 1. The van der Waals surface area contributed by atoms with Gasteiger partial charge in [0.2, 0.25) is 0 Å². The summed E-state index contributed by atoms with van der Waals surface area (Å²) in [5.41, 5.74) is 3.06. The van der Waals surface area contributed by atoms with Crippen molar-refractivity contribution < 1.29 is 0 Å². The molecule has 0 bridgehead atoms. The van der Waals surface area contributed by atoms with Gasteiger partial charge in [0.05, 0.1) is 5.69 Å². The van der Waals surface area contributed by atoms with Crippen molar-refractivity contribution in [1.82, 2.24) is 9.55 Å². The summed E-state index contributed by atoms with van der Waals surface area (Å²) in [5, 5.41) is 3.83. The van der Waals surface area contributed by atoms with Crippen LogP contribution in [0.25, 0.3) is 5.69 Å². The fourth-order valence-electron chi connectivity index (χ4n) is 2.94. The lowest BCUT2D eigenvalue weighted by Gasteiger charge is -2.13. The molecule has 1 N–H and O–H groups in total. The number of anilines is 1. The van der Waals surface area contributed by atoms with Crippen LogP contribution < -0.4 is 10.9 Å². The van der Waals surface area contributed by atoms with E-state index in [9.17, 15) is 4.79 Å². The van der Waals surface area contributed by atoms with Gasteiger partial charge in [-0.25, -0.2) is 4.98 Å². The number of nitrogens with zero attached hydrogens (tertiary/aromatic N) is 2. The molecule has 1 aliphatic carbocycles. The predicted molar refractivity (Wildman–Crippen MR) is 99.2 cm³/mol. The Kier molecular flexibility index (Phi) is 5.36. The predicted octanol–water partition coefficient (Wildman–Crippen LogP) is 4.50. The maximum atomic E-state index is 12.6. The summed E-state index contributed by atoms with van der Waals surface area (Å²) in [6.07, 6.45) is 11.5. The molecule has 0 fully saturated rings. The van der Waals surface area contributed by atoms with E-state index in [1.807, 2.05) is 19.1 Å². The van der Waals surface area contributed by atoms with Gasteiger partial charge >= 0.3 is 0 Å². The number of halogens is 1. The van der Waals surface area contributed by atoms with E-state index in [0.717, 1.165) is 24.2 Å². The highest BCUT2D eigenvalue weighted by Gasteiger charge is 2.08. The summed E-state index contributed by atoms with van der Waals surface area (Å²) in [7, 11) is 0. The summed E-state index contributed by atoms with van der Waals surface area (Å²) in [6, 6.07) is 5.60. The SMILES string of the molecule is Cc1ccc(-n2ccnc(NCCC3=CCCCC3)c2=O)cc1Cl. The molecule has 1 aliphatic rings. The zero-order valence-corrected chi connectivity index (χ0v) is 14.6. The smallest absolute Gasteiger partial charge is 0.297 e. The van der Waals surface area contributed by atoms with Crippen LogP contribution in [0.4, 0.5) is 5.82 Å². The third-order valence-corrected chi connectivity index (χ3v) is 4.81. The minimum Gasteiger partial charge on any atom is -0.365 e. The van der Waals surface area contributed by atoms with Crippen LogP contribution in [0.3, 0.4) is 0 Å². The number of rotatable bonds is 5. The molecule has 0 atom stereocenters. The number of hydrogen-bond acceptors (Lipinski definition) is 3. The Bertz CT molecular complexity index is 810. The summed E-state index contributed by atoms with van der Waals surface area (Å²) < 4.78 is 1.57. The van der Waals surface area contributed by atoms with E-state index < -0.39 is 0 Å². The second-order valence-electron chi connectivity index (χ2n) is 6.17. The van der Waals surface area contributed by atoms with E-state index in [-0.39, 0.29) is 5.56 Å². The van der Waals surface area contributed by atoms with Gasteiger partial charge in [0, 0.05) is 24.0 Å². The van der Waals surface area contributed by atoms with E-state index in [0.29, 0.717) is 10.8 Å². The molecule has 4 nitrogen and oxygen atoms in total. The summed E-state index contributed by atoms with van der Waals surface area (Å²) in [5.74, 6) is 0.380.